The van der Waals surface area contributed by atoms with Gasteiger partial charge in [-0.1, -0.05) is 12.1 Å². The number of imidazole rings is 1. The highest BCUT2D eigenvalue weighted by Crippen LogP contribution is 2.40. The van der Waals surface area contributed by atoms with E-state index in [-0.39, 0.29) is 29.3 Å². The number of hydrogen-bond acceptors (Lipinski definition) is 6. The molecule has 0 spiro atoms. The molecule has 3 rings (SSSR count). The van der Waals surface area contributed by atoms with E-state index in [0.29, 0.717) is 23.7 Å². The second-order valence-electron chi connectivity index (χ2n) is 8.44. The van der Waals surface area contributed by atoms with E-state index in [2.05, 4.69) is 15.3 Å². The van der Waals surface area contributed by atoms with Crippen LogP contribution >= 0.6 is 0 Å². The van der Waals surface area contributed by atoms with Crippen LogP contribution in [0.1, 0.15) is 42.4 Å². The number of hydrogen-bond donors (Lipinski definition) is 4. The van der Waals surface area contributed by atoms with Crippen LogP contribution in [0.5, 0.6) is 0 Å². The molecule has 0 aliphatic heterocycles. The molecule has 32 heavy (non-hydrogen) atoms. The molecule has 0 radical (unpaired) electrons. The number of halogens is 3. The summed E-state index contributed by atoms with van der Waals surface area (Å²) in [6.45, 7) is 5.40. The fourth-order valence-electron chi connectivity index (χ4n) is 3.07. The molecule has 3 aromatic rings. The minimum absolute atomic E-state index is 0.0318. The van der Waals surface area contributed by atoms with E-state index in [9.17, 15) is 28.2 Å². The van der Waals surface area contributed by atoms with E-state index in [1.54, 1.807) is 6.92 Å². The number of amides is 1. The summed E-state index contributed by atoms with van der Waals surface area (Å²) in [5.74, 6) is -0.644. The number of aryl methyl sites for hydroxylation is 1. The Morgan fingerprint density at radius 3 is 2.47 bits per heavy atom. The maximum absolute atomic E-state index is 13.3. The largest absolute Gasteiger partial charge is 0.421 e. The highest BCUT2D eigenvalue weighted by atomic mass is 19.4. The number of nitrogens with zero attached hydrogens (tertiary/aromatic N) is 3. The molecule has 0 aliphatic carbocycles. The van der Waals surface area contributed by atoms with E-state index < -0.39 is 23.3 Å². The Morgan fingerprint density at radius 1 is 1.22 bits per heavy atom. The molecule has 2 heterocycles. The van der Waals surface area contributed by atoms with Crippen LogP contribution in [0.2, 0.25) is 0 Å². The summed E-state index contributed by atoms with van der Waals surface area (Å²) in [6.07, 6.45) is -2.11. The van der Waals surface area contributed by atoms with Crippen molar-refractivity contribution in [1.82, 2.24) is 19.7 Å². The normalized spacial score (nSPS) is 14.4. The van der Waals surface area contributed by atoms with Gasteiger partial charge < -0.3 is 21.3 Å². The van der Waals surface area contributed by atoms with Crippen molar-refractivity contribution in [3.05, 3.63) is 47.4 Å². The van der Waals surface area contributed by atoms with Gasteiger partial charge in [0.15, 0.2) is 17.1 Å². The first-order valence-corrected chi connectivity index (χ1v) is 9.66. The molecule has 5 N–H and O–H groups in total. The summed E-state index contributed by atoms with van der Waals surface area (Å²) >= 11 is 0. The molecule has 0 bridgehead atoms. The maximum Gasteiger partial charge on any atom is 0.421 e. The number of carbonyl (C=O) groups excluding carboxylic acids is 1. The van der Waals surface area contributed by atoms with Crippen LogP contribution in [0, 0.1) is 6.92 Å². The Labute approximate surface area is 181 Å². The summed E-state index contributed by atoms with van der Waals surface area (Å²) < 4.78 is 41.5. The standard InChI is InChI=1S/C21H24F3N5O3/c1-11-5-6-12(20(4,32)21(22,23)24)7-13(11)15-8-26-17-16(25)28-14(9-29(15)17)18(30)27-10-19(2,3)31/h5-9,31-32H,10H2,1-4H3,(H2,25,28)(H,27,30)/t20-/m0/s1. The number of benzene rings is 1. The first-order chi connectivity index (χ1) is 14.6. The van der Waals surface area contributed by atoms with E-state index >= 15 is 0 Å². The van der Waals surface area contributed by atoms with Gasteiger partial charge in [-0.25, -0.2) is 9.97 Å². The Kier molecular flexibility index (Phi) is 5.69. The molecule has 0 saturated carbocycles. The van der Waals surface area contributed by atoms with Gasteiger partial charge in [0.25, 0.3) is 5.91 Å². The lowest BCUT2D eigenvalue weighted by Crippen LogP contribution is -2.39. The van der Waals surface area contributed by atoms with Crippen LogP contribution in [0.15, 0.2) is 30.6 Å². The van der Waals surface area contributed by atoms with Crippen LogP contribution in [-0.4, -0.2) is 48.8 Å². The van der Waals surface area contributed by atoms with Gasteiger partial charge in [-0.05, 0) is 44.9 Å². The van der Waals surface area contributed by atoms with Gasteiger partial charge in [-0.15, -0.1) is 0 Å². The quantitative estimate of drug-likeness (QED) is 0.472. The molecule has 172 valence electrons. The zero-order valence-electron chi connectivity index (χ0n) is 17.9. The number of aromatic nitrogens is 3. The van der Waals surface area contributed by atoms with Crippen molar-refractivity contribution < 1.29 is 28.2 Å². The summed E-state index contributed by atoms with van der Waals surface area (Å²) in [5.41, 5.74) is 2.92. The third kappa shape index (κ3) is 4.39. The Bertz CT molecular complexity index is 1180. The van der Waals surface area contributed by atoms with E-state index in [1.165, 1.54) is 48.8 Å². The average molecular weight is 451 g/mol. The maximum atomic E-state index is 13.3. The molecule has 2 aromatic heterocycles. The lowest BCUT2D eigenvalue weighted by Gasteiger charge is -2.27. The van der Waals surface area contributed by atoms with Crippen LogP contribution in [0.3, 0.4) is 0 Å². The minimum Gasteiger partial charge on any atom is -0.389 e. The number of rotatable bonds is 5. The molecule has 8 nitrogen and oxygen atoms in total. The van der Waals surface area contributed by atoms with Crippen molar-refractivity contribution in [2.45, 2.75) is 45.1 Å². The molecular formula is C21H24F3N5O3. The second-order valence-corrected chi connectivity index (χ2v) is 8.44. The van der Waals surface area contributed by atoms with Gasteiger partial charge in [0.1, 0.15) is 5.69 Å². The molecule has 0 fully saturated rings. The topological polar surface area (TPSA) is 126 Å². The first-order valence-electron chi connectivity index (χ1n) is 9.66. The Hall–Kier alpha value is -3.18. The molecular weight excluding hydrogens is 427 g/mol. The van der Waals surface area contributed by atoms with Crippen LogP contribution in [0.4, 0.5) is 19.0 Å². The average Bonchev–Trinajstić information content (AvgIpc) is 3.09. The van der Waals surface area contributed by atoms with Gasteiger partial charge in [-0.3, -0.25) is 9.20 Å². The van der Waals surface area contributed by atoms with Gasteiger partial charge in [0.2, 0.25) is 0 Å². The van der Waals surface area contributed by atoms with Crippen molar-refractivity contribution >= 4 is 17.4 Å². The Balaban J connectivity index is 2.12. The van der Waals surface area contributed by atoms with Crippen molar-refractivity contribution in [3.8, 4) is 11.3 Å². The predicted molar refractivity (Wildman–Crippen MR) is 112 cm³/mol. The second kappa shape index (κ2) is 7.75. The number of nitrogens with one attached hydrogen (secondary N) is 1. The number of alkyl halides is 3. The van der Waals surface area contributed by atoms with Crippen LogP contribution in [-0.2, 0) is 5.60 Å². The van der Waals surface area contributed by atoms with Crippen molar-refractivity contribution in [2.24, 2.45) is 0 Å². The van der Waals surface area contributed by atoms with Crippen LogP contribution < -0.4 is 11.1 Å². The minimum atomic E-state index is -4.88. The number of aliphatic hydroxyl groups is 2. The molecule has 11 heteroatoms. The molecule has 1 amide bonds. The van der Waals surface area contributed by atoms with Gasteiger partial charge in [0.05, 0.1) is 17.5 Å². The fourth-order valence-corrected chi connectivity index (χ4v) is 3.07. The van der Waals surface area contributed by atoms with Gasteiger partial charge >= 0.3 is 6.18 Å². The fraction of sp³-hybridized carbons (Fsp3) is 0.381. The van der Waals surface area contributed by atoms with E-state index in [0.717, 1.165) is 0 Å². The van der Waals surface area contributed by atoms with Crippen molar-refractivity contribution in [3.63, 3.8) is 0 Å². The summed E-state index contributed by atoms with van der Waals surface area (Å²) in [6, 6.07) is 3.91. The third-order valence-electron chi connectivity index (χ3n) is 5.06. The Morgan fingerprint density at radius 2 is 1.88 bits per heavy atom. The highest BCUT2D eigenvalue weighted by Gasteiger charge is 2.51. The van der Waals surface area contributed by atoms with Crippen LogP contribution in [0.25, 0.3) is 16.9 Å². The summed E-state index contributed by atoms with van der Waals surface area (Å²) in [7, 11) is 0. The summed E-state index contributed by atoms with van der Waals surface area (Å²) in [5, 5.41) is 22.4. The first kappa shape index (κ1) is 23.5. The number of fused-ring (bicyclic) bond motifs is 1. The molecule has 0 unspecified atom stereocenters. The van der Waals surface area contributed by atoms with Crippen molar-refractivity contribution in [1.29, 1.82) is 0 Å². The van der Waals surface area contributed by atoms with Crippen molar-refractivity contribution in [2.75, 3.05) is 12.3 Å². The molecule has 1 atom stereocenters. The third-order valence-corrected chi connectivity index (χ3v) is 5.06. The number of anilines is 1. The van der Waals surface area contributed by atoms with Gasteiger partial charge in [-0.2, -0.15) is 13.2 Å². The lowest BCUT2D eigenvalue weighted by molar-refractivity contribution is -0.258. The van der Waals surface area contributed by atoms with E-state index in [1.807, 2.05) is 0 Å². The molecule has 1 aromatic carbocycles. The zero-order valence-corrected chi connectivity index (χ0v) is 17.9. The number of carbonyl (C=O) groups is 1. The van der Waals surface area contributed by atoms with E-state index in [4.69, 9.17) is 5.73 Å². The predicted octanol–water partition coefficient (Wildman–Crippen LogP) is 2.56. The van der Waals surface area contributed by atoms with Gasteiger partial charge in [0, 0.05) is 18.3 Å². The monoisotopic (exact) mass is 451 g/mol. The zero-order chi connectivity index (χ0) is 24.1. The lowest BCUT2D eigenvalue weighted by atomic mass is 9.91. The highest BCUT2D eigenvalue weighted by molar-refractivity contribution is 5.93. The number of nitrogen functional groups attached to an aromatic ring is 1. The number of nitrogens with two attached hydrogens (primary N) is 1. The molecule has 0 saturated heterocycles. The SMILES string of the molecule is Cc1ccc([C@](C)(O)C(F)(F)F)cc1-c1cnc2c(N)nc(C(=O)NCC(C)(C)O)cn12. The summed E-state index contributed by atoms with van der Waals surface area (Å²) in [4.78, 5) is 20.7. The molecule has 0 aliphatic rings. The smallest absolute Gasteiger partial charge is 0.389 e.